The topological polar surface area (TPSA) is 64.7 Å². The zero-order valence-electron chi connectivity index (χ0n) is 13.9. The summed E-state index contributed by atoms with van der Waals surface area (Å²) in [6.45, 7) is 4.55. The van der Waals surface area contributed by atoms with Crippen molar-refractivity contribution in [2.75, 3.05) is 0 Å². The Morgan fingerprint density at radius 2 is 1.83 bits per heavy atom. The fourth-order valence-electron chi connectivity index (χ4n) is 2.93. The number of hydrogen-bond donors (Lipinski definition) is 0. The number of nitro benzene ring substituents is 1. The summed E-state index contributed by atoms with van der Waals surface area (Å²) >= 11 is 0. The molecule has 0 spiro atoms. The molecule has 0 atom stereocenters. The van der Waals surface area contributed by atoms with Crippen LogP contribution < -0.4 is 0 Å². The van der Waals surface area contributed by atoms with Gasteiger partial charge in [0.25, 0.3) is 5.69 Å². The molecular formula is C19H20N2O3. The molecule has 0 saturated heterocycles. The van der Waals surface area contributed by atoms with Gasteiger partial charge in [0, 0.05) is 17.7 Å². The van der Waals surface area contributed by atoms with Crippen molar-refractivity contribution in [3.05, 3.63) is 74.3 Å². The maximum atomic E-state index is 10.7. The Bertz CT molecular complexity index is 795. The lowest BCUT2D eigenvalue weighted by molar-refractivity contribution is -0.384. The minimum atomic E-state index is -0.409. The van der Waals surface area contributed by atoms with E-state index in [1.165, 1.54) is 34.4 Å². The second kappa shape index (κ2) is 6.83. The fraction of sp³-hybridized carbons (Fsp3) is 0.316. The van der Waals surface area contributed by atoms with Crippen LogP contribution in [0.15, 0.2) is 41.6 Å². The van der Waals surface area contributed by atoms with Gasteiger partial charge in [-0.25, -0.2) is 0 Å². The lowest BCUT2D eigenvalue weighted by Gasteiger charge is -2.19. The highest BCUT2D eigenvalue weighted by Gasteiger charge is 2.17. The van der Waals surface area contributed by atoms with Crippen molar-refractivity contribution in [1.82, 2.24) is 0 Å². The molecule has 3 rings (SSSR count). The van der Waals surface area contributed by atoms with Crippen molar-refractivity contribution in [3.63, 3.8) is 0 Å². The van der Waals surface area contributed by atoms with Crippen LogP contribution in [0.25, 0.3) is 0 Å². The minimum Gasteiger partial charge on any atom is -0.391 e. The van der Waals surface area contributed by atoms with Gasteiger partial charge >= 0.3 is 0 Å². The molecule has 124 valence electrons. The van der Waals surface area contributed by atoms with E-state index >= 15 is 0 Å². The maximum Gasteiger partial charge on any atom is 0.269 e. The molecule has 0 aliphatic heterocycles. The highest BCUT2D eigenvalue weighted by molar-refractivity contribution is 6.02. The lowest BCUT2D eigenvalue weighted by atomic mass is 9.87. The number of benzene rings is 2. The van der Waals surface area contributed by atoms with Gasteiger partial charge in [-0.2, -0.15) is 0 Å². The van der Waals surface area contributed by atoms with Gasteiger partial charge in [0.05, 0.1) is 10.6 Å². The summed E-state index contributed by atoms with van der Waals surface area (Å²) in [4.78, 5) is 15.7. The third-order valence-electron chi connectivity index (χ3n) is 4.44. The van der Waals surface area contributed by atoms with Gasteiger partial charge in [-0.05, 0) is 73.6 Å². The van der Waals surface area contributed by atoms with Gasteiger partial charge in [0.1, 0.15) is 6.61 Å². The number of nitro groups is 1. The van der Waals surface area contributed by atoms with Gasteiger partial charge in [-0.3, -0.25) is 10.1 Å². The van der Waals surface area contributed by atoms with Crippen LogP contribution in [0.1, 0.15) is 40.7 Å². The molecular weight excluding hydrogens is 304 g/mol. The van der Waals surface area contributed by atoms with Gasteiger partial charge in [0.15, 0.2) is 0 Å². The zero-order valence-corrected chi connectivity index (χ0v) is 13.9. The van der Waals surface area contributed by atoms with Crippen molar-refractivity contribution in [2.45, 2.75) is 39.7 Å². The van der Waals surface area contributed by atoms with E-state index in [9.17, 15) is 10.1 Å². The molecule has 2 aromatic carbocycles. The largest absolute Gasteiger partial charge is 0.391 e. The molecule has 0 bridgehead atoms. The maximum absolute atomic E-state index is 10.7. The number of aryl methyl sites for hydroxylation is 3. The van der Waals surface area contributed by atoms with Crippen LogP contribution in [0, 0.1) is 24.0 Å². The third-order valence-corrected chi connectivity index (χ3v) is 4.44. The first-order valence-electron chi connectivity index (χ1n) is 8.07. The van der Waals surface area contributed by atoms with Crippen LogP contribution in [-0.2, 0) is 17.9 Å². The molecule has 1 aliphatic carbocycles. The molecule has 5 heteroatoms. The van der Waals surface area contributed by atoms with E-state index in [-0.39, 0.29) is 5.69 Å². The smallest absolute Gasteiger partial charge is 0.269 e. The Labute approximate surface area is 141 Å². The Balaban J connectivity index is 1.72. The lowest BCUT2D eigenvalue weighted by Crippen LogP contribution is -2.13. The average Bonchev–Trinajstić information content (AvgIpc) is 2.57. The number of oxime groups is 1. The molecule has 2 aromatic rings. The zero-order chi connectivity index (χ0) is 17.1. The second-order valence-electron chi connectivity index (χ2n) is 6.18. The summed E-state index contributed by atoms with van der Waals surface area (Å²) in [7, 11) is 0. The molecule has 1 aliphatic rings. The molecule has 0 aromatic heterocycles. The first kappa shape index (κ1) is 16.2. The van der Waals surface area contributed by atoms with Gasteiger partial charge in [-0.1, -0.05) is 11.2 Å². The quantitative estimate of drug-likeness (QED) is 0.615. The average molecular weight is 324 g/mol. The highest BCUT2D eigenvalue weighted by Crippen LogP contribution is 2.25. The highest BCUT2D eigenvalue weighted by atomic mass is 16.6. The molecule has 0 amide bonds. The molecule has 0 saturated carbocycles. The monoisotopic (exact) mass is 324 g/mol. The Morgan fingerprint density at radius 1 is 1.12 bits per heavy atom. The standard InChI is InChI=1S/C19H20N2O3/c1-13-10-16-4-3-5-19(18(16)11-14(13)2)20-24-12-15-6-8-17(9-7-15)21(22)23/h6-11H,3-5,12H2,1-2H3/b20-19+. The molecule has 0 N–H and O–H groups in total. The summed E-state index contributed by atoms with van der Waals surface area (Å²) < 4.78 is 0. The predicted molar refractivity (Wildman–Crippen MR) is 93.3 cm³/mol. The van der Waals surface area contributed by atoms with E-state index < -0.39 is 4.92 Å². The first-order valence-corrected chi connectivity index (χ1v) is 8.07. The van der Waals surface area contributed by atoms with Crippen LogP contribution in [0.3, 0.4) is 0 Å². The third kappa shape index (κ3) is 3.45. The number of rotatable bonds is 4. The Morgan fingerprint density at radius 3 is 2.54 bits per heavy atom. The number of non-ortho nitro benzene ring substituents is 1. The number of nitrogens with zero attached hydrogens (tertiary/aromatic N) is 2. The van der Waals surface area contributed by atoms with Crippen LogP contribution in [0.2, 0.25) is 0 Å². The Kier molecular flexibility index (Phi) is 4.60. The molecule has 0 unspecified atom stereocenters. The summed E-state index contributed by atoms with van der Waals surface area (Å²) in [5, 5.41) is 15.0. The van der Waals surface area contributed by atoms with E-state index in [4.69, 9.17) is 4.84 Å². The summed E-state index contributed by atoms with van der Waals surface area (Å²) in [5.41, 5.74) is 7.02. The van der Waals surface area contributed by atoms with Crippen molar-refractivity contribution in [1.29, 1.82) is 0 Å². The Hall–Kier alpha value is -2.69. The SMILES string of the molecule is Cc1cc2c(cc1C)/C(=N/OCc1ccc([N+](=O)[O-])cc1)CCC2. The van der Waals surface area contributed by atoms with Crippen molar-refractivity contribution < 1.29 is 9.76 Å². The number of hydrogen-bond acceptors (Lipinski definition) is 4. The fourth-order valence-corrected chi connectivity index (χ4v) is 2.93. The number of fused-ring (bicyclic) bond motifs is 1. The van der Waals surface area contributed by atoms with Crippen LogP contribution in [-0.4, -0.2) is 10.6 Å². The predicted octanol–water partition coefficient (Wildman–Crippen LogP) is 4.47. The van der Waals surface area contributed by atoms with Crippen molar-refractivity contribution in [3.8, 4) is 0 Å². The first-order chi connectivity index (χ1) is 11.5. The summed E-state index contributed by atoms with van der Waals surface area (Å²) in [6.07, 6.45) is 3.07. The van der Waals surface area contributed by atoms with E-state index in [2.05, 4.69) is 31.1 Å². The second-order valence-corrected chi connectivity index (χ2v) is 6.18. The summed E-state index contributed by atoms with van der Waals surface area (Å²) in [6, 6.07) is 10.8. The van der Waals surface area contributed by atoms with Gasteiger partial charge < -0.3 is 4.84 Å². The van der Waals surface area contributed by atoms with Crippen LogP contribution in [0.5, 0.6) is 0 Å². The molecule has 0 heterocycles. The van der Waals surface area contributed by atoms with E-state index in [1.807, 2.05) is 0 Å². The van der Waals surface area contributed by atoms with E-state index in [0.29, 0.717) is 6.61 Å². The molecule has 0 fully saturated rings. The van der Waals surface area contributed by atoms with Crippen molar-refractivity contribution in [2.24, 2.45) is 5.16 Å². The minimum absolute atomic E-state index is 0.0807. The van der Waals surface area contributed by atoms with Gasteiger partial charge in [0.2, 0.25) is 0 Å². The molecule has 24 heavy (non-hydrogen) atoms. The van der Waals surface area contributed by atoms with Crippen LogP contribution in [0.4, 0.5) is 5.69 Å². The normalized spacial score (nSPS) is 15.2. The molecule has 5 nitrogen and oxygen atoms in total. The van der Waals surface area contributed by atoms with Crippen LogP contribution >= 0.6 is 0 Å². The molecule has 0 radical (unpaired) electrons. The van der Waals surface area contributed by atoms with Crippen molar-refractivity contribution >= 4 is 11.4 Å². The van der Waals surface area contributed by atoms with Gasteiger partial charge in [-0.15, -0.1) is 0 Å². The van der Waals surface area contributed by atoms with E-state index in [0.717, 1.165) is 30.5 Å². The summed E-state index contributed by atoms with van der Waals surface area (Å²) in [5.74, 6) is 0. The van der Waals surface area contributed by atoms with E-state index in [1.54, 1.807) is 12.1 Å².